The van der Waals surface area contributed by atoms with Crippen LogP contribution >= 0.6 is 22.6 Å². The lowest BCUT2D eigenvalue weighted by atomic mass is 9.95. The third-order valence-corrected chi connectivity index (χ3v) is 4.17. The van der Waals surface area contributed by atoms with Crippen molar-refractivity contribution in [1.82, 2.24) is 5.32 Å². The Bertz CT molecular complexity index is 374. The number of hydrogen-bond acceptors (Lipinski definition) is 1. The topological polar surface area (TPSA) is 29.1 Å². The van der Waals surface area contributed by atoms with Crippen molar-refractivity contribution in [2.45, 2.75) is 39.7 Å². The van der Waals surface area contributed by atoms with Crippen LogP contribution in [0.25, 0.3) is 0 Å². The average molecular weight is 345 g/mol. The van der Waals surface area contributed by atoms with Gasteiger partial charge in [0.05, 0.1) is 5.56 Å². The molecule has 1 aromatic carbocycles. The van der Waals surface area contributed by atoms with E-state index in [-0.39, 0.29) is 11.9 Å². The van der Waals surface area contributed by atoms with Gasteiger partial charge in [-0.1, -0.05) is 38.8 Å². The smallest absolute Gasteiger partial charge is 0.252 e. The molecule has 0 aromatic heterocycles. The summed E-state index contributed by atoms with van der Waals surface area (Å²) >= 11 is 2.20. The third kappa shape index (κ3) is 3.98. The van der Waals surface area contributed by atoms with Crippen LogP contribution in [0.1, 0.15) is 44.0 Å². The molecule has 0 aliphatic carbocycles. The largest absolute Gasteiger partial charge is 0.349 e. The highest BCUT2D eigenvalue weighted by Crippen LogP contribution is 2.15. The summed E-state index contributed by atoms with van der Waals surface area (Å²) in [4.78, 5) is 12.1. The molecule has 0 aliphatic heterocycles. The number of carbonyl (C=O) groups is 1. The Kier molecular flexibility index (Phi) is 5.95. The molecular weight excluding hydrogens is 325 g/mol. The van der Waals surface area contributed by atoms with Crippen molar-refractivity contribution < 1.29 is 4.79 Å². The molecule has 1 N–H and O–H groups in total. The van der Waals surface area contributed by atoms with Gasteiger partial charge in [0, 0.05) is 9.61 Å². The van der Waals surface area contributed by atoms with Gasteiger partial charge < -0.3 is 5.32 Å². The van der Waals surface area contributed by atoms with Crippen LogP contribution in [-0.2, 0) is 0 Å². The van der Waals surface area contributed by atoms with Gasteiger partial charge in [0.25, 0.3) is 5.91 Å². The summed E-state index contributed by atoms with van der Waals surface area (Å²) < 4.78 is 0.999. The minimum absolute atomic E-state index is 0.0365. The second-order valence-electron chi connectivity index (χ2n) is 4.32. The van der Waals surface area contributed by atoms with E-state index in [1.54, 1.807) is 0 Å². The lowest BCUT2D eigenvalue weighted by molar-refractivity contribution is 0.0924. The summed E-state index contributed by atoms with van der Waals surface area (Å²) in [7, 11) is 0. The van der Waals surface area contributed by atoms with E-state index in [0.717, 1.165) is 22.0 Å². The SMILES string of the molecule is CCC(CC)C(C)NC(=O)c1ccccc1I. The first-order chi connectivity index (χ1) is 8.10. The molecule has 0 spiro atoms. The van der Waals surface area contributed by atoms with Gasteiger partial charge in [-0.15, -0.1) is 0 Å². The quantitative estimate of drug-likeness (QED) is 0.807. The zero-order chi connectivity index (χ0) is 12.8. The monoisotopic (exact) mass is 345 g/mol. The summed E-state index contributed by atoms with van der Waals surface area (Å²) in [5, 5.41) is 3.10. The van der Waals surface area contributed by atoms with Crippen LogP contribution in [0.15, 0.2) is 24.3 Å². The summed E-state index contributed by atoms with van der Waals surface area (Å²) in [6.07, 6.45) is 2.20. The third-order valence-electron chi connectivity index (χ3n) is 3.23. The van der Waals surface area contributed by atoms with E-state index in [0.29, 0.717) is 5.92 Å². The summed E-state index contributed by atoms with van der Waals surface area (Å²) in [6.45, 7) is 6.43. The molecule has 0 fully saturated rings. The molecule has 3 heteroatoms. The second kappa shape index (κ2) is 6.99. The molecule has 1 unspecified atom stereocenters. The molecule has 1 amide bonds. The lowest BCUT2D eigenvalue weighted by Gasteiger charge is -2.22. The number of halogens is 1. The summed E-state index contributed by atoms with van der Waals surface area (Å²) in [5.74, 6) is 0.592. The Labute approximate surface area is 117 Å². The van der Waals surface area contributed by atoms with Gasteiger partial charge in [-0.05, 0) is 47.6 Å². The Balaban J connectivity index is 2.70. The first-order valence-electron chi connectivity index (χ1n) is 6.15. The molecule has 0 heterocycles. The first kappa shape index (κ1) is 14.5. The van der Waals surface area contributed by atoms with Crippen molar-refractivity contribution in [2.24, 2.45) is 5.92 Å². The number of amides is 1. The predicted octanol–water partition coefficient (Wildman–Crippen LogP) is 3.85. The van der Waals surface area contributed by atoms with Crippen molar-refractivity contribution in [2.75, 3.05) is 0 Å². The van der Waals surface area contributed by atoms with Crippen molar-refractivity contribution >= 4 is 28.5 Å². The van der Waals surface area contributed by atoms with Crippen molar-refractivity contribution in [3.63, 3.8) is 0 Å². The van der Waals surface area contributed by atoms with Crippen molar-refractivity contribution in [1.29, 1.82) is 0 Å². The van der Waals surface area contributed by atoms with E-state index in [2.05, 4.69) is 48.7 Å². The van der Waals surface area contributed by atoms with Gasteiger partial charge in [-0.3, -0.25) is 4.79 Å². The molecule has 0 saturated heterocycles. The zero-order valence-corrected chi connectivity index (χ0v) is 12.8. The van der Waals surface area contributed by atoms with Crippen LogP contribution in [0.4, 0.5) is 0 Å². The van der Waals surface area contributed by atoms with E-state index in [1.165, 1.54) is 0 Å². The molecule has 0 aliphatic rings. The van der Waals surface area contributed by atoms with Crippen LogP contribution in [-0.4, -0.2) is 11.9 Å². The van der Waals surface area contributed by atoms with Crippen LogP contribution in [0.5, 0.6) is 0 Å². The number of rotatable bonds is 5. The van der Waals surface area contributed by atoms with E-state index in [4.69, 9.17) is 0 Å². The van der Waals surface area contributed by atoms with Crippen LogP contribution in [0.3, 0.4) is 0 Å². The fourth-order valence-corrected chi connectivity index (χ4v) is 2.68. The Morgan fingerprint density at radius 2 is 1.88 bits per heavy atom. The Morgan fingerprint density at radius 1 is 1.29 bits per heavy atom. The highest BCUT2D eigenvalue weighted by Gasteiger charge is 2.17. The number of hydrogen-bond donors (Lipinski definition) is 1. The zero-order valence-electron chi connectivity index (χ0n) is 10.7. The number of benzene rings is 1. The van der Waals surface area contributed by atoms with Gasteiger partial charge >= 0.3 is 0 Å². The van der Waals surface area contributed by atoms with E-state index in [9.17, 15) is 4.79 Å². The van der Waals surface area contributed by atoms with Gasteiger partial charge in [-0.2, -0.15) is 0 Å². The van der Waals surface area contributed by atoms with Gasteiger partial charge in [0.2, 0.25) is 0 Å². The highest BCUT2D eigenvalue weighted by molar-refractivity contribution is 14.1. The molecule has 0 radical (unpaired) electrons. The average Bonchev–Trinajstić information content (AvgIpc) is 2.31. The van der Waals surface area contributed by atoms with E-state index >= 15 is 0 Å². The van der Waals surface area contributed by atoms with Crippen molar-refractivity contribution in [3.05, 3.63) is 33.4 Å². The van der Waals surface area contributed by atoms with Crippen LogP contribution in [0.2, 0.25) is 0 Å². The fraction of sp³-hybridized carbons (Fsp3) is 0.500. The summed E-state index contributed by atoms with van der Waals surface area (Å²) in [6, 6.07) is 7.91. The molecule has 1 rings (SSSR count). The van der Waals surface area contributed by atoms with Gasteiger partial charge in [0.1, 0.15) is 0 Å². The van der Waals surface area contributed by atoms with E-state index in [1.807, 2.05) is 24.3 Å². The van der Waals surface area contributed by atoms with Crippen molar-refractivity contribution in [3.8, 4) is 0 Å². The second-order valence-corrected chi connectivity index (χ2v) is 5.48. The molecular formula is C14H20INO. The predicted molar refractivity (Wildman–Crippen MR) is 80.2 cm³/mol. The number of carbonyl (C=O) groups excluding carboxylic acids is 1. The molecule has 0 saturated carbocycles. The molecule has 0 bridgehead atoms. The highest BCUT2D eigenvalue weighted by atomic mass is 127. The molecule has 17 heavy (non-hydrogen) atoms. The minimum Gasteiger partial charge on any atom is -0.349 e. The fourth-order valence-electron chi connectivity index (χ4n) is 2.04. The lowest BCUT2D eigenvalue weighted by Crippen LogP contribution is -2.38. The van der Waals surface area contributed by atoms with Gasteiger partial charge in [0.15, 0.2) is 0 Å². The Hall–Kier alpha value is -0.580. The molecule has 94 valence electrons. The maximum absolute atomic E-state index is 12.1. The molecule has 1 atom stereocenters. The minimum atomic E-state index is 0.0365. The van der Waals surface area contributed by atoms with Crippen LogP contribution < -0.4 is 5.32 Å². The maximum atomic E-state index is 12.1. The normalized spacial score (nSPS) is 12.5. The number of nitrogens with one attached hydrogen (secondary N) is 1. The standard InChI is InChI=1S/C14H20INO/c1-4-11(5-2)10(3)16-14(17)12-8-6-7-9-13(12)15/h6-11H,4-5H2,1-3H3,(H,16,17). The van der Waals surface area contributed by atoms with Gasteiger partial charge in [-0.25, -0.2) is 0 Å². The summed E-state index contributed by atoms with van der Waals surface area (Å²) in [5.41, 5.74) is 0.769. The molecule has 2 nitrogen and oxygen atoms in total. The molecule has 1 aromatic rings. The maximum Gasteiger partial charge on any atom is 0.252 e. The first-order valence-corrected chi connectivity index (χ1v) is 7.23. The van der Waals surface area contributed by atoms with Crippen LogP contribution in [0, 0.1) is 9.49 Å². The van der Waals surface area contributed by atoms with E-state index < -0.39 is 0 Å². The Morgan fingerprint density at radius 3 is 2.41 bits per heavy atom.